The summed E-state index contributed by atoms with van der Waals surface area (Å²) in [6.45, 7) is 4.16. The second-order valence-corrected chi connectivity index (χ2v) is 11.0. The summed E-state index contributed by atoms with van der Waals surface area (Å²) in [4.78, 5) is 13.9. The first kappa shape index (κ1) is 20.7. The zero-order valence-corrected chi connectivity index (χ0v) is 19.5. The van der Waals surface area contributed by atoms with Crippen molar-refractivity contribution in [3.05, 3.63) is 52.8 Å². The number of thioether (sulfide) groups is 3. The predicted molar refractivity (Wildman–Crippen MR) is 125 cm³/mol. The van der Waals surface area contributed by atoms with Crippen LogP contribution in [0.5, 0.6) is 0 Å². The first-order valence-electron chi connectivity index (χ1n) is 9.27. The van der Waals surface area contributed by atoms with Crippen LogP contribution < -0.4 is 0 Å². The molecule has 0 saturated carbocycles. The Kier molecular flexibility index (Phi) is 7.12. The van der Waals surface area contributed by atoms with Crippen molar-refractivity contribution in [2.24, 2.45) is 0 Å². The van der Waals surface area contributed by atoms with E-state index < -0.39 is 0 Å². The Bertz CT molecular complexity index is 1060. The van der Waals surface area contributed by atoms with Crippen LogP contribution in [0, 0.1) is 13.8 Å². The van der Waals surface area contributed by atoms with Gasteiger partial charge in [0.25, 0.3) is 0 Å². The highest BCUT2D eigenvalue weighted by molar-refractivity contribution is 8.01. The van der Waals surface area contributed by atoms with E-state index in [2.05, 4.69) is 44.2 Å². The minimum absolute atomic E-state index is 0.812. The number of aryl methyl sites for hydroxylation is 1. The molecule has 150 valence electrons. The number of imidazole rings is 1. The maximum atomic E-state index is 4.64. The number of aromatic nitrogens is 5. The highest BCUT2D eigenvalue weighted by Gasteiger charge is 2.09. The van der Waals surface area contributed by atoms with E-state index in [4.69, 9.17) is 0 Å². The van der Waals surface area contributed by atoms with Crippen LogP contribution in [0.1, 0.15) is 22.7 Å². The lowest BCUT2D eigenvalue weighted by Crippen LogP contribution is -1.95. The normalized spacial score (nSPS) is 11.4. The molecule has 3 aromatic heterocycles. The number of pyridine rings is 1. The van der Waals surface area contributed by atoms with Gasteiger partial charge in [0.2, 0.25) is 0 Å². The van der Waals surface area contributed by atoms with Crippen molar-refractivity contribution in [1.29, 1.82) is 0 Å². The number of aromatic amines is 1. The maximum Gasteiger partial charge on any atom is 0.174 e. The highest BCUT2D eigenvalue weighted by Crippen LogP contribution is 2.29. The molecule has 1 aromatic carbocycles. The molecule has 0 saturated heterocycles. The summed E-state index contributed by atoms with van der Waals surface area (Å²) in [7, 11) is 0. The molecule has 0 bridgehead atoms. The Hall–Kier alpha value is -1.55. The standard InChI is InChI=1S/C20H21N5S4/c1-13-17(12-28-19-22-15-6-3-4-7-16(15)23-19)21-9-8-18(13)26-10-5-11-27-20-25-24-14(2)29-20/h3-4,6-9H,5,10-12H2,1-2H3,(H,22,23). The van der Waals surface area contributed by atoms with Crippen molar-refractivity contribution in [2.75, 3.05) is 11.5 Å². The third-order valence-electron chi connectivity index (χ3n) is 4.25. The number of para-hydroxylation sites is 2. The Balaban J connectivity index is 1.28. The van der Waals surface area contributed by atoms with E-state index in [1.54, 1.807) is 34.9 Å². The number of fused-ring (bicyclic) bond motifs is 1. The fourth-order valence-corrected chi connectivity index (χ4v) is 6.65. The molecule has 5 nitrogen and oxygen atoms in total. The van der Waals surface area contributed by atoms with Crippen LogP contribution >= 0.6 is 46.6 Å². The van der Waals surface area contributed by atoms with Gasteiger partial charge in [0.05, 0.1) is 16.7 Å². The van der Waals surface area contributed by atoms with Crippen LogP contribution in [-0.2, 0) is 5.75 Å². The van der Waals surface area contributed by atoms with E-state index in [9.17, 15) is 0 Å². The van der Waals surface area contributed by atoms with Gasteiger partial charge in [0.1, 0.15) is 5.01 Å². The molecule has 0 aliphatic carbocycles. The molecule has 0 fully saturated rings. The van der Waals surface area contributed by atoms with Crippen LogP contribution in [0.15, 0.2) is 50.9 Å². The number of benzene rings is 1. The van der Waals surface area contributed by atoms with Gasteiger partial charge in [0, 0.05) is 22.6 Å². The van der Waals surface area contributed by atoms with Crippen LogP contribution in [0.4, 0.5) is 0 Å². The average molecular weight is 460 g/mol. The molecule has 9 heteroatoms. The number of nitrogens with zero attached hydrogens (tertiary/aromatic N) is 4. The third kappa shape index (κ3) is 5.53. The van der Waals surface area contributed by atoms with Crippen LogP contribution in [0.3, 0.4) is 0 Å². The van der Waals surface area contributed by atoms with Gasteiger partial charge in [-0.05, 0) is 49.8 Å². The third-order valence-corrected chi connectivity index (χ3v) is 8.44. The van der Waals surface area contributed by atoms with E-state index in [1.807, 2.05) is 43.1 Å². The molecule has 1 N–H and O–H groups in total. The fraction of sp³-hybridized carbons (Fsp3) is 0.300. The zero-order chi connectivity index (χ0) is 20.1. The second kappa shape index (κ2) is 9.97. The van der Waals surface area contributed by atoms with Gasteiger partial charge in [-0.2, -0.15) is 0 Å². The molecule has 3 heterocycles. The van der Waals surface area contributed by atoms with Crippen molar-refractivity contribution in [3.63, 3.8) is 0 Å². The maximum absolute atomic E-state index is 4.64. The number of hydrogen-bond acceptors (Lipinski definition) is 8. The van der Waals surface area contributed by atoms with Gasteiger partial charge in [-0.25, -0.2) is 4.98 Å². The van der Waals surface area contributed by atoms with Gasteiger partial charge in [-0.1, -0.05) is 47.0 Å². The summed E-state index contributed by atoms with van der Waals surface area (Å²) in [6.07, 6.45) is 3.06. The van der Waals surface area contributed by atoms with Crippen molar-refractivity contribution in [3.8, 4) is 0 Å². The molecule has 0 aliphatic heterocycles. The van der Waals surface area contributed by atoms with E-state index in [0.29, 0.717) is 0 Å². The molecule has 4 rings (SSSR count). The van der Waals surface area contributed by atoms with Crippen molar-refractivity contribution < 1.29 is 0 Å². The lowest BCUT2D eigenvalue weighted by atomic mass is 10.2. The van der Waals surface area contributed by atoms with Gasteiger partial charge >= 0.3 is 0 Å². The summed E-state index contributed by atoms with van der Waals surface area (Å²) < 4.78 is 1.07. The number of rotatable bonds is 9. The fourth-order valence-electron chi connectivity index (χ4n) is 2.73. The van der Waals surface area contributed by atoms with Gasteiger partial charge in [-0.3, -0.25) is 4.98 Å². The Morgan fingerprint density at radius 3 is 2.69 bits per heavy atom. The van der Waals surface area contributed by atoms with Crippen LogP contribution in [0.2, 0.25) is 0 Å². The molecule has 0 unspecified atom stereocenters. The second-order valence-electron chi connectivity index (χ2n) is 6.37. The summed E-state index contributed by atoms with van der Waals surface area (Å²) >= 11 is 7.07. The predicted octanol–water partition coefficient (Wildman–Crippen LogP) is 5.99. The van der Waals surface area contributed by atoms with Gasteiger partial charge in [-0.15, -0.1) is 22.0 Å². The Labute approximate surface area is 186 Å². The first-order valence-corrected chi connectivity index (χ1v) is 13.0. The molecule has 0 amide bonds. The van der Waals surface area contributed by atoms with Crippen molar-refractivity contribution >= 4 is 57.7 Å². The molecule has 29 heavy (non-hydrogen) atoms. The lowest BCUT2D eigenvalue weighted by molar-refractivity contribution is 0.981. The minimum atomic E-state index is 0.812. The molecular formula is C20H21N5S4. The lowest BCUT2D eigenvalue weighted by Gasteiger charge is -2.09. The van der Waals surface area contributed by atoms with Crippen molar-refractivity contribution in [1.82, 2.24) is 25.1 Å². The molecule has 0 atom stereocenters. The van der Waals surface area contributed by atoms with Crippen LogP contribution in [0.25, 0.3) is 11.0 Å². The molecular weight excluding hydrogens is 439 g/mol. The average Bonchev–Trinajstić information content (AvgIpc) is 3.33. The SMILES string of the molecule is Cc1nnc(SCCCSc2ccnc(CSc3nc4ccccc4[nH]3)c2C)s1. The smallest absolute Gasteiger partial charge is 0.174 e. The highest BCUT2D eigenvalue weighted by atomic mass is 32.2. The van der Waals surface area contributed by atoms with E-state index in [-0.39, 0.29) is 0 Å². The first-order chi connectivity index (χ1) is 14.2. The molecule has 0 aliphatic rings. The molecule has 0 spiro atoms. The molecule has 4 aromatic rings. The summed E-state index contributed by atoms with van der Waals surface area (Å²) in [5, 5.41) is 10.2. The Morgan fingerprint density at radius 1 is 1.00 bits per heavy atom. The summed E-state index contributed by atoms with van der Waals surface area (Å²) in [5.74, 6) is 2.97. The summed E-state index contributed by atoms with van der Waals surface area (Å²) in [6, 6.07) is 10.2. The zero-order valence-electron chi connectivity index (χ0n) is 16.2. The van der Waals surface area contributed by atoms with E-state index >= 15 is 0 Å². The van der Waals surface area contributed by atoms with Gasteiger partial charge in [0.15, 0.2) is 9.50 Å². The minimum Gasteiger partial charge on any atom is -0.333 e. The number of nitrogens with one attached hydrogen (secondary N) is 1. The monoisotopic (exact) mass is 459 g/mol. The Morgan fingerprint density at radius 2 is 1.86 bits per heavy atom. The largest absolute Gasteiger partial charge is 0.333 e. The molecule has 0 radical (unpaired) electrons. The van der Waals surface area contributed by atoms with Gasteiger partial charge < -0.3 is 4.98 Å². The number of hydrogen-bond donors (Lipinski definition) is 1. The van der Waals surface area contributed by atoms with Crippen LogP contribution in [-0.4, -0.2) is 36.7 Å². The van der Waals surface area contributed by atoms with E-state index in [0.717, 1.165) is 54.9 Å². The summed E-state index contributed by atoms with van der Waals surface area (Å²) in [5.41, 5.74) is 4.48. The topological polar surface area (TPSA) is 67.3 Å². The van der Waals surface area contributed by atoms with E-state index in [1.165, 1.54) is 10.5 Å². The quantitative estimate of drug-likeness (QED) is 0.243. The van der Waals surface area contributed by atoms with Crippen molar-refractivity contribution in [2.45, 2.75) is 40.4 Å². The number of H-pyrrole nitrogens is 1.